The SMILES string of the molecule is COc1ccc(CCC2(C3CCCC3)CC(O)=C(Sc3nc(C)cs3)C(=O)O2)cc1. The molecule has 2 aromatic rings. The molecule has 30 heavy (non-hydrogen) atoms. The molecule has 1 aliphatic carbocycles. The van der Waals surface area contributed by atoms with E-state index in [1.54, 1.807) is 7.11 Å². The molecule has 0 saturated heterocycles. The molecule has 1 unspecified atom stereocenters. The molecule has 1 aliphatic heterocycles. The number of esters is 1. The summed E-state index contributed by atoms with van der Waals surface area (Å²) in [5, 5.41) is 12.8. The minimum absolute atomic E-state index is 0.144. The van der Waals surface area contributed by atoms with Gasteiger partial charge in [-0.05, 0) is 68.0 Å². The van der Waals surface area contributed by atoms with Crippen LogP contribution in [-0.4, -0.2) is 28.8 Å². The number of aliphatic hydroxyl groups excluding tert-OH is 1. The van der Waals surface area contributed by atoms with Crippen LogP contribution in [0.5, 0.6) is 5.75 Å². The van der Waals surface area contributed by atoms with Gasteiger partial charge in [-0.3, -0.25) is 0 Å². The molecule has 0 spiro atoms. The number of aliphatic hydroxyl groups is 1. The lowest BCUT2D eigenvalue weighted by atomic mass is 9.77. The molecule has 0 bridgehead atoms. The zero-order valence-corrected chi connectivity index (χ0v) is 19.0. The monoisotopic (exact) mass is 445 g/mol. The molecule has 0 amide bonds. The second-order valence-corrected chi connectivity index (χ2v) is 10.2. The lowest BCUT2D eigenvalue weighted by Crippen LogP contribution is -2.45. The zero-order chi connectivity index (χ0) is 21.1. The van der Waals surface area contributed by atoms with Gasteiger partial charge in [0.05, 0.1) is 7.11 Å². The number of thioether (sulfide) groups is 1. The van der Waals surface area contributed by atoms with Gasteiger partial charge in [0.1, 0.15) is 22.0 Å². The van der Waals surface area contributed by atoms with Gasteiger partial charge in [-0.2, -0.15) is 0 Å². The molecule has 1 aromatic carbocycles. The maximum Gasteiger partial charge on any atom is 0.349 e. The van der Waals surface area contributed by atoms with Crippen LogP contribution >= 0.6 is 23.1 Å². The second-order valence-electron chi connectivity index (χ2n) is 8.09. The van der Waals surface area contributed by atoms with Gasteiger partial charge < -0.3 is 14.6 Å². The van der Waals surface area contributed by atoms with Crippen molar-refractivity contribution in [3.8, 4) is 5.75 Å². The number of ether oxygens (including phenoxy) is 2. The van der Waals surface area contributed by atoms with E-state index in [9.17, 15) is 9.90 Å². The zero-order valence-electron chi connectivity index (χ0n) is 17.3. The first-order valence-electron chi connectivity index (χ1n) is 10.4. The van der Waals surface area contributed by atoms with Crippen LogP contribution < -0.4 is 4.74 Å². The highest BCUT2D eigenvalue weighted by Crippen LogP contribution is 2.48. The Balaban J connectivity index is 1.55. The first kappa shape index (κ1) is 21.2. The Morgan fingerprint density at radius 2 is 2.03 bits per heavy atom. The van der Waals surface area contributed by atoms with Crippen LogP contribution in [0, 0.1) is 12.8 Å². The molecule has 4 rings (SSSR count). The topological polar surface area (TPSA) is 68.7 Å². The van der Waals surface area contributed by atoms with Gasteiger partial charge in [-0.15, -0.1) is 11.3 Å². The van der Waals surface area contributed by atoms with Crippen LogP contribution in [0.1, 0.15) is 49.8 Å². The Bertz CT molecular complexity index is 931. The van der Waals surface area contributed by atoms with Gasteiger partial charge in [-0.1, -0.05) is 25.0 Å². The molecule has 0 radical (unpaired) electrons. The molecule has 1 saturated carbocycles. The maximum atomic E-state index is 13.0. The summed E-state index contributed by atoms with van der Waals surface area (Å²) >= 11 is 2.68. The van der Waals surface area contributed by atoms with Crippen molar-refractivity contribution in [2.75, 3.05) is 7.11 Å². The molecular formula is C23H27NO4S2. The highest BCUT2D eigenvalue weighted by molar-refractivity contribution is 8.05. The third kappa shape index (κ3) is 4.52. The lowest BCUT2D eigenvalue weighted by Gasteiger charge is -2.41. The van der Waals surface area contributed by atoms with E-state index >= 15 is 0 Å². The molecule has 2 heterocycles. The number of rotatable bonds is 7. The number of carbonyl (C=O) groups is 1. The van der Waals surface area contributed by atoms with E-state index in [2.05, 4.69) is 4.98 Å². The number of benzene rings is 1. The molecule has 1 N–H and O–H groups in total. The third-order valence-electron chi connectivity index (χ3n) is 6.09. The van der Waals surface area contributed by atoms with E-state index in [0.717, 1.165) is 47.9 Å². The molecule has 5 nitrogen and oxygen atoms in total. The molecular weight excluding hydrogens is 418 g/mol. The summed E-state index contributed by atoms with van der Waals surface area (Å²) in [6.07, 6.45) is 6.25. The van der Waals surface area contributed by atoms with Crippen molar-refractivity contribution in [3.05, 3.63) is 51.6 Å². The smallest absolute Gasteiger partial charge is 0.349 e. The number of thiazole rings is 1. The van der Waals surface area contributed by atoms with Crippen molar-refractivity contribution in [1.29, 1.82) is 0 Å². The van der Waals surface area contributed by atoms with Gasteiger partial charge in [0.15, 0.2) is 4.34 Å². The fourth-order valence-electron chi connectivity index (χ4n) is 4.49. The molecule has 1 atom stereocenters. The Morgan fingerprint density at radius 3 is 2.63 bits per heavy atom. The summed E-state index contributed by atoms with van der Waals surface area (Å²) in [5.41, 5.74) is 1.44. The molecule has 1 fully saturated rings. The van der Waals surface area contributed by atoms with E-state index < -0.39 is 11.6 Å². The number of cyclic esters (lactones) is 1. The number of carbonyl (C=O) groups excluding carboxylic acids is 1. The van der Waals surface area contributed by atoms with Crippen molar-refractivity contribution in [2.45, 2.75) is 61.8 Å². The highest BCUT2D eigenvalue weighted by atomic mass is 32.2. The largest absolute Gasteiger partial charge is 0.511 e. The Morgan fingerprint density at radius 1 is 1.30 bits per heavy atom. The summed E-state index contributed by atoms with van der Waals surface area (Å²) in [6.45, 7) is 1.91. The minimum Gasteiger partial charge on any atom is -0.511 e. The highest BCUT2D eigenvalue weighted by Gasteiger charge is 2.48. The predicted molar refractivity (Wildman–Crippen MR) is 119 cm³/mol. The number of hydrogen-bond donors (Lipinski definition) is 1. The van der Waals surface area contributed by atoms with Gasteiger partial charge in [0.2, 0.25) is 0 Å². The first-order chi connectivity index (χ1) is 14.5. The average molecular weight is 446 g/mol. The van der Waals surface area contributed by atoms with E-state index in [4.69, 9.17) is 9.47 Å². The predicted octanol–water partition coefficient (Wildman–Crippen LogP) is 5.83. The Labute approximate surface area is 185 Å². The van der Waals surface area contributed by atoms with Crippen LogP contribution in [0.4, 0.5) is 0 Å². The molecule has 7 heteroatoms. The molecule has 160 valence electrons. The van der Waals surface area contributed by atoms with Crippen LogP contribution in [0.2, 0.25) is 0 Å². The van der Waals surface area contributed by atoms with Crippen LogP contribution in [0.3, 0.4) is 0 Å². The van der Waals surface area contributed by atoms with Crippen LogP contribution in [0.15, 0.2) is 44.6 Å². The quantitative estimate of drug-likeness (QED) is 0.541. The third-order valence-corrected chi connectivity index (χ3v) is 8.26. The summed E-state index contributed by atoms with van der Waals surface area (Å²) in [6, 6.07) is 8.00. The maximum absolute atomic E-state index is 13.0. The number of nitrogens with zero attached hydrogens (tertiary/aromatic N) is 1. The van der Waals surface area contributed by atoms with Gasteiger partial charge >= 0.3 is 5.97 Å². The Kier molecular flexibility index (Phi) is 6.39. The second kappa shape index (κ2) is 9.02. The van der Waals surface area contributed by atoms with Gasteiger partial charge in [0.25, 0.3) is 0 Å². The van der Waals surface area contributed by atoms with Gasteiger partial charge in [-0.25, -0.2) is 9.78 Å². The van der Waals surface area contributed by atoms with Crippen molar-refractivity contribution in [3.63, 3.8) is 0 Å². The van der Waals surface area contributed by atoms with Crippen molar-refractivity contribution in [2.24, 2.45) is 5.92 Å². The van der Waals surface area contributed by atoms with Crippen molar-refractivity contribution < 1.29 is 19.4 Å². The summed E-state index contributed by atoms with van der Waals surface area (Å²) < 4.78 is 12.1. The normalized spacial score (nSPS) is 22.4. The summed E-state index contributed by atoms with van der Waals surface area (Å²) in [7, 11) is 1.66. The van der Waals surface area contributed by atoms with E-state index in [-0.39, 0.29) is 16.6 Å². The van der Waals surface area contributed by atoms with Crippen LogP contribution in [-0.2, 0) is 16.0 Å². The standard InChI is InChI=1S/C23H27NO4S2/c1-15-14-29-22(24-15)30-20-19(25)13-23(28-21(20)26,17-5-3-4-6-17)12-11-16-7-9-18(27-2)10-8-16/h7-10,14,17,25H,3-6,11-13H2,1-2H3. The Hall–Kier alpha value is -1.99. The fraction of sp³-hybridized carbons (Fsp3) is 0.478. The summed E-state index contributed by atoms with van der Waals surface area (Å²) in [4.78, 5) is 17.7. The van der Waals surface area contributed by atoms with E-state index in [0.29, 0.717) is 12.8 Å². The van der Waals surface area contributed by atoms with E-state index in [1.165, 1.54) is 28.7 Å². The van der Waals surface area contributed by atoms with E-state index in [1.807, 2.05) is 36.6 Å². The number of aryl methyl sites for hydroxylation is 2. The van der Waals surface area contributed by atoms with Gasteiger partial charge in [0, 0.05) is 17.5 Å². The number of aromatic nitrogens is 1. The average Bonchev–Trinajstić information content (AvgIpc) is 3.42. The minimum atomic E-state index is -0.638. The molecule has 1 aromatic heterocycles. The van der Waals surface area contributed by atoms with Crippen molar-refractivity contribution in [1.82, 2.24) is 4.98 Å². The lowest BCUT2D eigenvalue weighted by molar-refractivity contribution is -0.166. The number of hydrogen-bond acceptors (Lipinski definition) is 7. The van der Waals surface area contributed by atoms with Crippen LogP contribution in [0.25, 0.3) is 0 Å². The fourth-order valence-corrected chi connectivity index (χ4v) is 6.27. The summed E-state index contributed by atoms with van der Waals surface area (Å²) in [5.74, 6) is 0.840. The first-order valence-corrected chi connectivity index (χ1v) is 12.1. The number of methoxy groups -OCH3 is 1. The molecule has 2 aliphatic rings. The van der Waals surface area contributed by atoms with Crippen molar-refractivity contribution >= 4 is 29.1 Å².